The zero-order valence-electron chi connectivity index (χ0n) is 27.3. The van der Waals surface area contributed by atoms with Crippen molar-refractivity contribution in [2.45, 2.75) is 98.5 Å². The Kier molecular flexibility index (Phi) is 11.3. The minimum Gasteiger partial charge on any atom is -0.481 e. The minimum absolute atomic E-state index is 0.00475. The smallest absolute Gasteiger partial charge is 0.416 e. The van der Waals surface area contributed by atoms with Gasteiger partial charge >= 0.3 is 12.1 Å². The maximum atomic E-state index is 14.4. The standard InChI is InChI=1S/C35H46F3N3O4/c1-22(2)23(3)15-19-34(7)40-30(26-9-8-10-27(21-26)35(36,37)38)32(45)41(34)28(16-18-33(4,5)6)24-11-13-25(14-12-24)31(44)39-20-17-29(42)43/h8-14,21-23,28H,15-20H2,1-7H3,(H,39,44)(H,42,43)/t23?,28-,34?/m1/s1. The number of carboxylic acid groups (broad SMARTS) is 1. The second-order valence-electron chi connectivity index (χ2n) is 13.8. The van der Waals surface area contributed by atoms with E-state index < -0.39 is 41.2 Å². The third-order valence-corrected chi connectivity index (χ3v) is 8.63. The maximum Gasteiger partial charge on any atom is 0.416 e. The monoisotopic (exact) mass is 629 g/mol. The topological polar surface area (TPSA) is 99.1 Å². The molecule has 2 amide bonds. The Labute approximate surface area is 264 Å². The summed E-state index contributed by atoms with van der Waals surface area (Å²) in [6, 6.07) is 11.1. The molecule has 1 aliphatic heterocycles. The number of halogens is 3. The average molecular weight is 630 g/mol. The van der Waals surface area contributed by atoms with E-state index in [4.69, 9.17) is 10.1 Å². The lowest BCUT2D eigenvalue weighted by molar-refractivity contribution is -0.138. The fourth-order valence-electron chi connectivity index (χ4n) is 5.45. The first-order valence-electron chi connectivity index (χ1n) is 15.5. The Morgan fingerprint density at radius 2 is 1.67 bits per heavy atom. The normalized spacial score (nSPS) is 18.6. The molecule has 2 N–H and O–H groups in total. The van der Waals surface area contributed by atoms with Crippen LogP contribution >= 0.6 is 0 Å². The van der Waals surface area contributed by atoms with Gasteiger partial charge in [0.25, 0.3) is 11.8 Å². The van der Waals surface area contributed by atoms with E-state index in [1.54, 1.807) is 29.2 Å². The van der Waals surface area contributed by atoms with Crippen LogP contribution in [0.25, 0.3) is 0 Å². The van der Waals surface area contributed by atoms with Gasteiger partial charge in [-0.3, -0.25) is 19.4 Å². The lowest BCUT2D eigenvalue weighted by atomic mass is 9.84. The van der Waals surface area contributed by atoms with Gasteiger partial charge in [0.1, 0.15) is 11.4 Å². The summed E-state index contributed by atoms with van der Waals surface area (Å²) < 4.78 is 40.9. The van der Waals surface area contributed by atoms with E-state index in [9.17, 15) is 27.6 Å². The zero-order valence-corrected chi connectivity index (χ0v) is 27.3. The SMILES string of the molecule is CC(C)C(C)CCC1(C)N=C(c2cccc(C(F)(F)F)c2)C(=O)N1[C@H](CCC(C)(C)C)c1ccc(C(=O)NCCC(=O)O)cc1. The maximum absolute atomic E-state index is 14.4. The highest BCUT2D eigenvalue weighted by atomic mass is 19.4. The van der Waals surface area contributed by atoms with Gasteiger partial charge in [-0.2, -0.15) is 13.2 Å². The quantitative estimate of drug-likeness (QED) is 0.235. The van der Waals surface area contributed by atoms with Crippen LogP contribution in [-0.4, -0.2) is 45.7 Å². The fourth-order valence-corrected chi connectivity index (χ4v) is 5.45. The number of carbonyl (C=O) groups excluding carboxylic acids is 2. The molecule has 1 heterocycles. The van der Waals surface area contributed by atoms with Crippen molar-refractivity contribution in [3.8, 4) is 0 Å². The first-order valence-corrected chi connectivity index (χ1v) is 15.5. The van der Waals surface area contributed by atoms with Crippen LogP contribution in [0.4, 0.5) is 13.2 Å². The number of hydrogen-bond donors (Lipinski definition) is 2. The molecule has 2 aromatic rings. The number of alkyl halides is 3. The highest BCUT2D eigenvalue weighted by molar-refractivity contribution is 6.46. The molecule has 2 aromatic carbocycles. The van der Waals surface area contributed by atoms with E-state index in [-0.39, 0.29) is 29.7 Å². The predicted octanol–water partition coefficient (Wildman–Crippen LogP) is 7.90. The highest BCUT2D eigenvalue weighted by Gasteiger charge is 2.48. The molecule has 3 rings (SSSR count). The summed E-state index contributed by atoms with van der Waals surface area (Å²) in [6.45, 7) is 14.6. The number of nitrogens with one attached hydrogen (secondary N) is 1. The van der Waals surface area contributed by atoms with Crippen molar-refractivity contribution in [1.29, 1.82) is 0 Å². The van der Waals surface area contributed by atoms with Gasteiger partial charge in [0.2, 0.25) is 0 Å². The summed E-state index contributed by atoms with van der Waals surface area (Å²) in [6.07, 6.45) is -2.16. The van der Waals surface area contributed by atoms with Gasteiger partial charge in [0, 0.05) is 17.7 Å². The van der Waals surface area contributed by atoms with Crippen LogP contribution in [0, 0.1) is 17.3 Å². The summed E-state index contributed by atoms with van der Waals surface area (Å²) in [7, 11) is 0. The number of carbonyl (C=O) groups is 3. The van der Waals surface area contributed by atoms with Gasteiger partial charge in [-0.05, 0) is 79.7 Å². The van der Waals surface area contributed by atoms with Crippen LogP contribution < -0.4 is 5.32 Å². The van der Waals surface area contributed by atoms with Gasteiger partial charge in [-0.25, -0.2) is 0 Å². The Balaban J connectivity index is 2.07. The lowest BCUT2D eigenvalue weighted by Gasteiger charge is -2.41. The highest BCUT2D eigenvalue weighted by Crippen LogP contribution is 2.43. The first-order chi connectivity index (χ1) is 20.8. The molecule has 10 heteroatoms. The number of aliphatic carboxylic acids is 1. The Bertz CT molecular complexity index is 1400. The summed E-state index contributed by atoms with van der Waals surface area (Å²) >= 11 is 0. The molecular weight excluding hydrogens is 583 g/mol. The van der Waals surface area contributed by atoms with E-state index in [0.717, 1.165) is 30.5 Å². The molecule has 0 aliphatic carbocycles. The zero-order chi connectivity index (χ0) is 33.7. The molecule has 0 aromatic heterocycles. The van der Waals surface area contributed by atoms with E-state index >= 15 is 0 Å². The van der Waals surface area contributed by atoms with Crippen LogP contribution in [0.5, 0.6) is 0 Å². The molecule has 0 saturated heterocycles. The minimum atomic E-state index is -4.56. The van der Waals surface area contributed by atoms with Crippen molar-refractivity contribution < 1.29 is 32.7 Å². The van der Waals surface area contributed by atoms with Crippen LogP contribution in [0.15, 0.2) is 53.5 Å². The third kappa shape index (κ3) is 9.41. The number of hydrogen-bond acceptors (Lipinski definition) is 4. The molecule has 0 bridgehead atoms. The second kappa shape index (κ2) is 14.2. The van der Waals surface area contributed by atoms with Crippen molar-refractivity contribution in [3.05, 3.63) is 70.8 Å². The molecule has 45 heavy (non-hydrogen) atoms. The molecular formula is C35H46F3N3O4. The summed E-state index contributed by atoms with van der Waals surface area (Å²) in [5, 5.41) is 11.5. The van der Waals surface area contributed by atoms with E-state index in [2.05, 4.69) is 46.9 Å². The van der Waals surface area contributed by atoms with Crippen LogP contribution in [0.1, 0.15) is 114 Å². The predicted molar refractivity (Wildman–Crippen MR) is 169 cm³/mol. The summed E-state index contributed by atoms with van der Waals surface area (Å²) in [5.41, 5.74) is -0.665. The lowest BCUT2D eigenvalue weighted by Crippen LogP contribution is -2.47. The molecule has 0 fully saturated rings. The Morgan fingerprint density at radius 3 is 2.22 bits per heavy atom. The van der Waals surface area contributed by atoms with E-state index in [1.807, 2.05) is 6.92 Å². The van der Waals surface area contributed by atoms with Gasteiger partial charge in [0.15, 0.2) is 0 Å². The van der Waals surface area contributed by atoms with E-state index in [0.29, 0.717) is 30.2 Å². The Morgan fingerprint density at radius 1 is 1.02 bits per heavy atom. The molecule has 3 atom stereocenters. The molecule has 0 spiro atoms. The molecule has 246 valence electrons. The van der Waals surface area contributed by atoms with E-state index in [1.165, 1.54) is 12.1 Å². The average Bonchev–Trinajstić information content (AvgIpc) is 3.21. The summed E-state index contributed by atoms with van der Waals surface area (Å²) in [4.78, 5) is 44.4. The number of amides is 2. The molecule has 2 unspecified atom stereocenters. The fraction of sp³-hybridized carbons (Fsp3) is 0.543. The largest absolute Gasteiger partial charge is 0.481 e. The number of nitrogens with zero attached hydrogens (tertiary/aromatic N) is 2. The van der Waals surface area contributed by atoms with Crippen molar-refractivity contribution in [1.82, 2.24) is 10.2 Å². The second-order valence-corrected chi connectivity index (χ2v) is 13.8. The van der Waals surface area contributed by atoms with Crippen LogP contribution in [0.3, 0.4) is 0 Å². The third-order valence-electron chi connectivity index (χ3n) is 8.63. The van der Waals surface area contributed by atoms with Crippen molar-refractivity contribution in [2.24, 2.45) is 22.2 Å². The van der Waals surface area contributed by atoms with Gasteiger partial charge in [-0.15, -0.1) is 0 Å². The van der Waals surface area contributed by atoms with Gasteiger partial charge in [0.05, 0.1) is 18.0 Å². The van der Waals surface area contributed by atoms with Crippen molar-refractivity contribution in [3.63, 3.8) is 0 Å². The number of rotatable bonds is 13. The number of aliphatic imine (C=N–C) groups is 1. The van der Waals surface area contributed by atoms with Crippen LogP contribution in [0.2, 0.25) is 0 Å². The van der Waals surface area contributed by atoms with Gasteiger partial charge in [-0.1, -0.05) is 65.8 Å². The van der Waals surface area contributed by atoms with Crippen LogP contribution in [-0.2, 0) is 15.8 Å². The molecule has 1 aliphatic rings. The Hall–Kier alpha value is -3.69. The molecule has 0 radical (unpaired) electrons. The van der Waals surface area contributed by atoms with Crippen molar-refractivity contribution in [2.75, 3.05) is 6.54 Å². The van der Waals surface area contributed by atoms with Gasteiger partial charge < -0.3 is 15.3 Å². The first kappa shape index (κ1) is 35.8. The molecule has 0 saturated carbocycles. The number of benzene rings is 2. The summed E-state index contributed by atoms with van der Waals surface area (Å²) in [5.74, 6) is -1.12. The van der Waals surface area contributed by atoms with Crippen molar-refractivity contribution >= 4 is 23.5 Å². The molecule has 7 nitrogen and oxygen atoms in total. The number of carboxylic acids is 1.